The van der Waals surface area contributed by atoms with Crippen LogP contribution in [0.15, 0.2) is 53.0 Å². The normalized spacial score (nSPS) is 12.6. The molecule has 0 saturated carbocycles. The lowest BCUT2D eigenvalue weighted by Gasteiger charge is -2.29. The number of carbonyl (C=O) groups excluding carboxylic acids is 2. The van der Waals surface area contributed by atoms with Crippen LogP contribution in [-0.2, 0) is 16.1 Å². The van der Waals surface area contributed by atoms with E-state index in [1.165, 1.54) is 4.90 Å². The Balaban J connectivity index is 2.18. The monoisotopic (exact) mass is 476 g/mol. The van der Waals surface area contributed by atoms with Gasteiger partial charge in [-0.1, -0.05) is 47.1 Å². The second kappa shape index (κ2) is 11.6. The minimum atomic E-state index is -0.647. The van der Waals surface area contributed by atoms with Crippen LogP contribution in [0.3, 0.4) is 0 Å². The van der Waals surface area contributed by atoms with Gasteiger partial charge in [-0.3, -0.25) is 9.59 Å². The molecular formula is C23H29BrN2O4. The third kappa shape index (κ3) is 6.76. The zero-order chi connectivity index (χ0) is 22.1. The van der Waals surface area contributed by atoms with Crippen LogP contribution >= 0.6 is 15.9 Å². The molecule has 0 spiro atoms. The quantitative estimate of drug-likeness (QED) is 0.558. The molecule has 0 aliphatic rings. The van der Waals surface area contributed by atoms with Crippen molar-refractivity contribution >= 4 is 27.7 Å². The third-order valence-electron chi connectivity index (χ3n) is 4.83. The van der Waals surface area contributed by atoms with Crippen molar-refractivity contribution < 1.29 is 19.1 Å². The fraction of sp³-hybridized carbons (Fsp3) is 0.391. The summed E-state index contributed by atoms with van der Waals surface area (Å²) in [5.41, 5.74) is 0.915. The predicted octanol–water partition coefficient (Wildman–Crippen LogP) is 4.17. The number of rotatable bonds is 10. The van der Waals surface area contributed by atoms with Gasteiger partial charge in [0.2, 0.25) is 5.91 Å². The summed E-state index contributed by atoms with van der Waals surface area (Å²) in [7, 11) is 1.55. The minimum absolute atomic E-state index is 0.0348. The molecule has 0 heterocycles. The van der Waals surface area contributed by atoms with E-state index in [2.05, 4.69) is 21.2 Å². The Bertz CT molecular complexity index is 859. The second-order valence-corrected chi connectivity index (χ2v) is 8.00. The molecule has 162 valence electrons. The number of halogens is 1. The Morgan fingerprint density at radius 2 is 1.80 bits per heavy atom. The maximum Gasteiger partial charge on any atom is 0.261 e. The van der Waals surface area contributed by atoms with E-state index in [4.69, 9.17) is 9.47 Å². The lowest BCUT2D eigenvalue weighted by molar-refractivity contribution is -0.142. The van der Waals surface area contributed by atoms with E-state index in [1.807, 2.05) is 50.2 Å². The van der Waals surface area contributed by atoms with Gasteiger partial charge in [-0.25, -0.2) is 0 Å². The van der Waals surface area contributed by atoms with Gasteiger partial charge in [-0.05, 0) is 50.1 Å². The third-order valence-corrected chi connectivity index (χ3v) is 5.32. The molecule has 2 unspecified atom stereocenters. The molecule has 0 fully saturated rings. The summed E-state index contributed by atoms with van der Waals surface area (Å²) in [6.07, 6.45) is 0.814. The number of hydrogen-bond acceptors (Lipinski definition) is 4. The number of methoxy groups -OCH3 is 1. The van der Waals surface area contributed by atoms with Crippen LogP contribution in [0.25, 0.3) is 0 Å². The molecule has 0 saturated heterocycles. The van der Waals surface area contributed by atoms with Crippen LogP contribution in [-0.4, -0.2) is 42.5 Å². The first-order valence-corrected chi connectivity index (χ1v) is 10.7. The molecule has 0 aliphatic heterocycles. The molecular weight excluding hydrogens is 448 g/mol. The highest BCUT2D eigenvalue weighted by atomic mass is 79.9. The Hall–Kier alpha value is -2.54. The second-order valence-electron chi connectivity index (χ2n) is 7.08. The van der Waals surface area contributed by atoms with E-state index in [0.717, 1.165) is 16.5 Å². The highest BCUT2D eigenvalue weighted by Crippen LogP contribution is 2.26. The Labute approximate surface area is 186 Å². The van der Waals surface area contributed by atoms with Crippen molar-refractivity contribution in [2.45, 2.75) is 45.8 Å². The molecule has 2 rings (SSSR count). The van der Waals surface area contributed by atoms with Crippen LogP contribution in [0.1, 0.15) is 32.8 Å². The van der Waals surface area contributed by atoms with Crippen molar-refractivity contribution in [2.24, 2.45) is 0 Å². The van der Waals surface area contributed by atoms with Gasteiger partial charge in [0, 0.05) is 17.1 Å². The number of nitrogens with one attached hydrogen (secondary N) is 1. The van der Waals surface area contributed by atoms with Crippen molar-refractivity contribution in [3.63, 3.8) is 0 Å². The highest BCUT2D eigenvalue weighted by molar-refractivity contribution is 9.10. The zero-order valence-electron chi connectivity index (χ0n) is 17.9. The van der Waals surface area contributed by atoms with Gasteiger partial charge in [0.1, 0.15) is 6.04 Å². The standard InChI is InChI=1S/C23H29BrN2O4/c1-5-16(2)25-23(28)17(3)26(14-18-9-8-10-19(24)13-18)22(27)15-30-21-12-7-6-11-20(21)29-4/h6-13,16-17H,5,14-15H2,1-4H3,(H,25,28). The van der Waals surface area contributed by atoms with Gasteiger partial charge in [-0.15, -0.1) is 0 Å². The molecule has 1 N–H and O–H groups in total. The van der Waals surface area contributed by atoms with Crippen molar-refractivity contribution in [1.82, 2.24) is 10.2 Å². The van der Waals surface area contributed by atoms with Crippen molar-refractivity contribution in [3.8, 4) is 11.5 Å². The maximum atomic E-state index is 13.1. The average molecular weight is 477 g/mol. The van der Waals surface area contributed by atoms with Gasteiger partial charge in [0.25, 0.3) is 5.91 Å². The average Bonchev–Trinajstić information content (AvgIpc) is 2.75. The fourth-order valence-corrected chi connectivity index (χ4v) is 3.29. The minimum Gasteiger partial charge on any atom is -0.493 e. The Morgan fingerprint density at radius 3 is 2.43 bits per heavy atom. The molecule has 2 amide bonds. The van der Waals surface area contributed by atoms with Crippen molar-refractivity contribution in [2.75, 3.05) is 13.7 Å². The highest BCUT2D eigenvalue weighted by Gasteiger charge is 2.27. The molecule has 6 nitrogen and oxygen atoms in total. The SMILES string of the molecule is CCC(C)NC(=O)C(C)N(Cc1cccc(Br)c1)C(=O)COc1ccccc1OC. The molecule has 2 aromatic carbocycles. The number of ether oxygens (including phenoxy) is 2. The summed E-state index contributed by atoms with van der Waals surface area (Å²) in [5, 5.41) is 2.95. The van der Waals surface area contributed by atoms with Crippen LogP contribution in [0.2, 0.25) is 0 Å². The molecule has 30 heavy (non-hydrogen) atoms. The van der Waals surface area contributed by atoms with Gasteiger partial charge >= 0.3 is 0 Å². The molecule has 7 heteroatoms. The number of carbonyl (C=O) groups is 2. The molecule has 0 bridgehead atoms. The maximum absolute atomic E-state index is 13.1. The number of amides is 2. The van der Waals surface area contributed by atoms with E-state index in [-0.39, 0.29) is 24.5 Å². The first-order chi connectivity index (χ1) is 14.3. The molecule has 0 aliphatic carbocycles. The Morgan fingerprint density at radius 1 is 1.10 bits per heavy atom. The molecule has 0 aromatic heterocycles. The summed E-state index contributed by atoms with van der Waals surface area (Å²) in [6, 6.07) is 14.2. The predicted molar refractivity (Wildman–Crippen MR) is 121 cm³/mol. The van der Waals surface area contributed by atoms with Gasteiger partial charge < -0.3 is 19.7 Å². The van der Waals surface area contributed by atoms with E-state index in [0.29, 0.717) is 18.0 Å². The van der Waals surface area contributed by atoms with Gasteiger partial charge in [0.05, 0.1) is 7.11 Å². The lowest BCUT2D eigenvalue weighted by Crippen LogP contribution is -2.50. The van der Waals surface area contributed by atoms with Gasteiger partial charge in [-0.2, -0.15) is 0 Å². The van der Waals surface area contributed by atoms with Crippen molar-refractivity contribution in [1.29, 1.82) is 0 Å². The molecule has 2 atom stereocenters. The van der Waals surface area contributed by atoms with Crippen LogP contribution < -0.4 is 14.8 Å². The summed E-state index contributed by atoms with van der Waals surface area (Å²) in [4.78, 5) is 27.3. The molecule has 2 aromatic rings. The lowest BCUT2D eigenvalue weighted by atomic mass is 10.1. The topological polar surface area (TPSA) is 67.9 Å². The zero-order valence-corrected chi connectivity index (χ0v) is 19.4. The fourth-order valence-electron chi connectivity index (χ4n) is 2.84. The first-order valence-electron chi connectivity index (χ1n) is 9.95. The number of para-hydroxylation sites is 2. The van der Waals surface area contributed by atoms with Crippen molar-refractivity contribution in [3.05, 3.63) is 58.6 Å². The van der Waals surface area contributed by atoms with E-state index >= 15 is 0 Å². The van der Waals surface area contributed by atoms with Gasteiger partial charge in [0.15, 0.2) is 18.1 Å². The summed E-state index contributed by atoms with van der Waals surface area (Å²) >= 11 is 3.45. The largest absolute Gasteiger partial charge is 0.493 e. The number of nitrogens with zero attached hydrogens (tertiary/aromatic N) is 1. The van der Waals surface area contributed by atoms with Crippen LogP contribution in [0, 0.1) is 0 Å². The van der Waals surface area contributed by atoms with E-state index in [1.54, 1.807) is 26.2 Å². The summed E-state index contributed by atoms with van der Waals surface area (Å²) in [6.45, 7) is 5.77. The van der Waals surface area contributed by atoms with Crippen LogP contribution in [0.4, 0.5) is 0 Å². The van der Waals surface area contributed by atoms with E-state index < -0.39 is 6.04 Å². The number of hydrogen-bond donors (Lipinski definition) is 1. The van der Waals surface area contributed by atoms with E-state index in [9.17, 15) is 9.59 Å². The Kier molecular flexibility index (Phi) is 9.17. The summed E-state index contributed by atoms with van der Waals surface area (Å²) < 4.78 is 11.9. The molecule has 0 radical (unpaired) electrons. The van der Waals surface area contributed by atoms with Crippen LogP contribution in [0.5, 0.6) is 11.5 Å². The first kappa shape index (κ1) is 23.7. The number of benzene rings is 2. The smallest absolute Gasteiger partial charge is 0.261 e. The summed E-state index contributed by atoms with van der Waals surface area (Å²) in [5.74, 6) is 0.552.